The van der Waals surface area contributed by atoms with Crippen molar-refractivity contribution in [1.29, 1.82) is 0 Å². The Kier molecular flexibility index (Phi) is 5.09. The molecule has 2 atom stereocenters. The first-order chi connectivity index (χ1) is 13.1. The van der Waals surface area contributed by atoms with Crippen molar-refractivity contribution in [2.75, 3.05) is 24.3 Å². The van der Waals surface area contributed by atoms with E-state index in [0.29, 0.717) is 5.69 Å². The zero-order chi connectivity index (χ0) is 20.7. The number of fused-ring (bicyclic) bond motifs is 1. The van der Waals surface area contributed by atoms with E-state index in [9.17, 15) is 18.0 Å². The van der Waals surface area contributed by atoms with Gasteiger partial charge in [0.05, 0.1) is 24.9 Å². The first-order valence-corrected chi connectivity index (χ1v) is 10.7. The largest absolute Gasteiger partial charge is 0.465 e. The molecular formula is C18H23N3O6S. The molecule has 0 N–H and O–H groups in total. The highest BCUT2D eigenvalue weighted by Gasteiger charge is 2.49. The van der Waals surface area contributed by atoms with E-state index in [4.69, 9.17) is 9.47 Å². The maximum absolute atomic E-state index is 12.4. The normalized spacial score (nSPS) is 19.5. The molecule has 1 fully saturated rings. The fraction of sp³-hybridized carbons (Fsp3) is 0.500. The molecule has 2 aromatic rings. The lowest BCUT2D eigenvalue weighted by molar-refractivity contribution is -0.146. The molecule has 1 unspecified atom stereocenters. The number of nitrogens with zero attached hydrogens (tertiary/aromatic N) is 3. The van der Waals surface area contributed by atoms with Gasteiger partial charge in [0.1, 0.15) is 6.10 Å². The molecule has 0 saturated carbocycles. The number of esters is 1. The zero-order valence-electron chi connectivity index (χ0n) is 16.2. The van der Waals surface area contributed by atoms with Crippen molar-refractivity contribution >= 4 is 38.5 Å². The molecule has 0 spiro atoms. The van der Waals surface area contributed by atoms with Crippen LogP contribution in [-0.2, 0) is 31.2 Å². The van der Waals surface area contributed by atoms with Gasteiger partial charge in [-0.05, 0) is 32.0 Å². The lowest BCUT2D eigenvalue weighted by atomic mass is 10.0. The maximum atomic E-state index is 12.4. The van der Waals surface area contributed by atoms with E-state index >= 15 is 0 Å². The summed E-state index contributed by atoms with van der Waals surface area (Å²) in [7, 11) is -1.97. The molecule has 1 aliphatic rings. The van der Waals surface area contributed by atoms with E-state index in [0.717, 1.165) is 17.2 Å². The summed E-state index contributed by atoms with van der Waals surface area (Å²) in [5, 5.41) is 5.04. The number of sulfone groups is 1. The number of hydrogen-bond donors (Lipinski definition) is 0. The quantitative estimate of drug-likeness (QED) is 0.668. The molecule has 3 rings (SSSR count). The number of carbonyl (C=O) groups is 2. The van der Waals surface area contributed by atoms with E-state index in [-0.39, 0.29) is 19.6 Å². The smallest absolute Gasteiger partial charge is 0.414 e. The van der Waals surface area contributed by atoms with Crippen LogP contribution in [0.2, 0.25) is 0 Å². The van der Waals surface area contributed by atoms with Crippen LogP contribution in [0.15, 0.2) is 24.4 Å². The Morgan fingerprint density at radius 1 is 1.43 bits per heavy atom. The number of rotatable bonds is 6. The highest BCUT2D eigenvalue weighted by atomic mass is 32.2. The SMILES string of the molecule is CCOC(=O)C(C)(C[C@H]1CN(c2ccc3c(cnn3C)c2)C(=O)O1)S(C)(=O)=O. The Labute approximate surface area is 163 Å². The van der Waals surface area contributed by atoms with Crippen LogP contribution in [0.25, 0.3) is 10.9 Å². The topological polar surface area (TPSA) is 108 Å². The van der Waals surface area contributed by atoms with Crippen molar-refractivity contribution in [3.8, 4) is 0 Å². The lowest BCUT2D eigenvalue weighted by Gasteiger charge is -2.27. The molecule has 28 heavy (non-hydrogen) atoms. The minimum absolute atomic E-state index is 0.0612. The number of ether oxygens (including phenoxy) is 2. The van der Waals surface area contributed by atoms with E-state index in [1.165, 1.54) is 11.8 Å². The van der Waals surface area contributed by atoms with Gasteiger partial charge in [-0.1, -0.05) is 0 Å². The van der Waals surface area contributed by atoms with Crippen LogP contribution in [0.4, 0.5) is 10.5 Å². The maximum Gasteiger partial charge on any atom is 0.414 e. The Morgan fingerprint density at radius 2 is 2.14 bits per heavy atom. The van der Waals surface area contributed by atoms with Crippen molar-refractivity contribution in [2.24, 2.45) is 7.05 Å². The predicted molar refractivity (Wildman–Crippen MR) is 103 cm³/mol. The molecular weight excluding hydrogens is 386 g/mol. The van der Waals surface area contributed by atoms with Crippen LogP contribution in [0.1, 0.15) is 20.3 Å². The molecule has 0 radical (unpaired) electrons. The van der Waals surface area contributed by atoms with Gasteiger partial charge in [0.25, 0.3) is 0 Å². The molecule has 1 aromatic carbocycles. The van der Waals surface area contributed by atoms with Crippen LogP contribution in [0, 0.1) is 0 Å². The van der Waals surface area contributed by atoms with E-state index in [1.807, 2.05) is 19.2 Å². The summed E-state index contributed by atoms with van der Waals surface area (Å²) in [6.45, 7) is 3.10. The van der Waals surface area contributed by atoms with E-state index in [1.54, 1.807) is 23.9 Å². The fourth-order valence-corrected chi connectivity index (χ4v) is 4.11. The summed E-state index contributed by atoms with van der Waals surface area (Å²) in [4.78, 5) is 26.1. The molecule has 10 heteroatoms. The van der Waals surface area contributed by atoms with Gasteiger partial charge in [0.15, 0.2) is 14.6 Å². The molecule has 152 valence electrons. The van der Waals surface area contributed by atoms with Crippen molar-refractivity contribution in [3.05, 3.63) is 24.4 Å². The first kappa shape index (κ1) is 20.1. The Morgan fingerprint density at radius 3 is 2.79 bits per heavy atom. The number of benzene rings is 1. The van der Waals surface area contributed by atoms with Gasteiger partial charge in [0.2, 0.25) is 0 Å². The number of aryl methyl sites for hydroxylation is 1. The van der Waals surface area contributed by atoms with Gasteiger partial charge in [0, 0.05) is 30.8 Å². The predicted octanol–water partition coefficient (Wildman–Crippen LogP) is 1.66. The molecule has 1 aromatic heterocycles. The Bertz CT molecular complexity index is 1030. The van der Waals surface area contributed by atoms with Gasteiger partial charge in [-0.3, -0.25) is 14.4 Å². The number of amides is 1. The van der Waals surface area contributed by atoms with Crippen LogP contribution in [0.3, 0.4) is 0 Å². The molecule has 9 nitrogen and oxygen atoms in total. The third-order valence-electron chi connectivity index (χ3n) is 5.06. The average Bonchev–Trinajstić information content (AvgIpc) is 3.16. The number of anilines is 1. The molecule has 1 aliphatic heterocycles. The van der Waals surface area contributed by atoms with Gasteiger partial charge >= 0.3 is 12.1 Å². The number of hydrogen-bond acceptors (Lipinski definition) is 7. The third-order valence-corrected chi connectivity index (χ3v) is 7.03. The molecule has 0 bridgehead atoms. The van der Waals surface area contributed by atoms with Crippen LogP contribution >= 0.6 is 0 Å². The minimum Gasteiger partial charge on any atom is -0.465 e. The van der Waals surface area contributed by atoms with Crippen LogP contribution in [-0.4, -0.2) is 60.5 Å². The van der Waals surface area contributed by atoms with Gasteiger partial charge in [-0.2, -0.15) is 5.10 Å². The summed E-state index contributed by atoms with van der Waals surface area (Å²) < 4.78 is 34.8. The van der Waals surface area contributed by atoms with Gasteiger partial charge < -0.3 is 9.47 Å². The number of aromatic nitrogens is 2. The van der Waals surface area contributed by atoms with Crippen molar-refractivity contribution in [1.82, 2.24) is 9.78 Å². The third kappa shape index (κ3) is 3.44. The van der Waals surface area contributed by atoms with Crippen molar-refractivity contribution in [2.45, 2.75) is 31.1 Å². The number of cyclic esters (lactones) is 1. The molecule has 1 saturated heterocycles. The summed E-state index contributed by atoms with van der Waals surface area (Å²) in [6.07, 6.45) is 1.14. The fourth-order valence-electron chi connectivity index (χ4n) is 3.26. The molecule has 0 aliphatic carbocycles. The standard InChI is InChI=1S/C18H23N3O6S/c1-5-26-16(22)18(2,28(4,24)25)9-14-11-21(17(23)27-14)13-6-7-15-12(8-13)10-19-20(15)3/h6-8,10,14H,5,9,11H2,1-4H3/t14-,18?/m0/s1. The van der Waals surface area contributed by atoms with Crippen LogP contribution < -0.4 is 4.90 Å². The summed E-state index contributed by atoms with van der Waals surface area (Å²) in [5.74, 6) is -0.844. The zero-order valence-corrected chi connectivity index (χ0v) is 17.0. The van der Waals surface area contributed by atoms with Crippen molar-refractivity contribution in [3.63, 3.8) is 0 Å². The monoisotopic (exact) mass is 409 g/mol. The second kappa shape index (κ2) is 7.08. The summed E-state index contributed by atoms with van der Waals surface area (Å²) in [6, 6.07) is 5.43. The Balaban J connectivity index is 1.83. The highest BCUT2D eigenvalue weighted by molar-refractivity contribution is 7.92. The second-order valence-corrected chi connectivity index (χ2v) is 9.50. The average molecular weight is 409 g/mol. The minimum atomic E-state index is -3.79. The van der Waals surface area contributed by atoms with Gasteiger partial charge in [-0.15, -0.1) is 0 Å². The lowest BCUT2D eigenvalue weighted by Crippen LogP contribution is -2.47. The Hall–Kier alpha value is -2.62. The molecule has 2 heterocycles. The first-order valence-electron chi connectivity index (χ1n) is 8.83. The summed E-state index contributed by atoms with van der Waals surface area (Å²) in [5.41, 5.74) is 1.53. The molecule has 1 amide bonds. The van der Waals surface area contributed by atoms with E-state index < -0.39 is 32.8 Å². The summed E-state index contributed by atoms with van der Waals surface area (Å²) >= 11 is 0. The highest BCUT2D eigenvalue weighted by Crippen LogP contribution is 2.31. The van der Waals surface area contributed by atoms with Gasteiger partial charge in [-0.25, -0.2) is 13.2 Å². The van der Waals surface area contributed by atoms with Crippen LogP contribution in [0.5, 0.6) is 0 Å². The second-order valence-electron chi connectivity index (χ2n) is 7.06. The van der Waals surface area contributed by atoms with Crippen molar-refractivity contribution < 1.29 is 27.5 Å². The number of carbonyl (C=O) groups excluding carboxylic acids is 2. The van der Waals surface area contributed by atoms with E-state index in [2.05, 4.69) is 5.10 Å².